The van der Waals surface area contributed by atoms with Crippen LogP contribution < -0.4 is 10.5 Å². The minimum absolute atomic E-state index is 0.181. The van der Waals surface area contributed by atoms with Gasteiger partial charge < -0.3 is 5.32 Å². The van der Waals surface area contributed by atoms with Crippen LogP contribution in [0.25, 0.3) is 0 Å². The van der Waals surface area contributed by atoms with E-state index in [1.54, 1.807) is 0 Å². The van der Waals surface area contributed by atoms with Gasteiger partial charge in [-0.05, 0) is 18.9 Å². The Morgan fingerprint density at radius 3 is 2.50 bits per heavy atom. The van der Waals surface area contributed by atoms with Gasteiger partial charge in [0.2, 0.25) is 10.0 Å². The molecule has 0 aromatic heterocycles. The lowest BCUT2D eigenvalue weighted by molar-refractivity contribution is 0.395. The smallest absolute Gasteiger partial charge is 0.213 e. The van der Waals surface area contributed by atoms with Crippen LogP contribution in [0.15, 0.2) is 18.2 Å². The predicted molar refractivity (Wildman–Crippen MR) is 63.2 cm³/mol. The van der Waals surface area contributed by atoms with Crippen LogP contribution in [0.5, 0.6) is 0 Å². The molecule has 18 heavy (non-hydrogen) atoms. The van der Waals surface area contributed by atoms with E-state index in [1.807, 2.05) is 0 Å². The number of nitrogens with two attached hydrogens (primary N) is 1. The zero-order valence-corrected chi connectivity index (χ0v) is 10.4. The van der Waals surface area contributed by atoms with E-state index in [0.717, 1.165) is 6.07 Å². The summed E-state index contributed by atoms with van der Waals surface area (Å²) < 4.78 is 48.6. The van der Waals surface area contributed by atoms with Gasteiger partial charge in [-0.25, -0.2) is 22.3 Å². The first-order valence-electron chi connectivity index (χ1n) is 5.58. The molecule has 1 aromatic carbocycles. The van der Waals surface area contributed by atoms with Gasteiger partial charge >= 0.3 is 0 Å². The van der Waals surface area contributed by atoms with Crippen molar-refractivity contribution in [2.45, 2.75) is 24.1 Å². The number of hydrogen-bond acceptors (Lipinski definition) is 3. The van der Waals surface area contributed by atoms with Crippen molar-refractivity contribution in [1.82, 2.24) is 5.32 Å². The summed E-state index contributed by atoms with van der Waals surface area (Å²) in [4.78, 5) is 0. The first-order chi connectivity index (χ1) is 8.38. The maximum atomic E-state index is 13.5. The van der Waals surface area contributed by atoms with Crippen LogP contribution in [0.2, 0.25) is 0 Å². The molecule has 2 atom stereocenters. The molecule has 3 N–H and O–H groups in total. The predicted octanol–water partition coefficient (Wildman–Crippen LogP) is 1.05. The van der Waals surface area contributed by atoms with Crippen molar-refractivity contribution < 1.29 is 17.2 Å². The zero-order chi connectivity index (χ0) is 13.3. The second-order valence-electron chi connectivity index (χ2n) is 4.42. The van der Waals surface area contributed by atoms with Gasteiger partial charge in [-0.2, -0.15) is 0 Å². The topological polar surface area (TPSA) is 72.2 Å². The summed E-state index contributed by atoms with van der Waals surface area (Å²) >= 11 is 0. The quantitative estimate of drug-likeness (QED) is 0.848. The molecule has 0 aliphatic carbocycles. The van der Waals surface area contributed by atoms with Gasteiger partial charge in [-0.15, -0.1) is 0 Å². The summed E-state index contributed by atoms with van der Waals surface area (Å²) in [6, 6.07) is 3.08. The molecule has 0 bridgehead atoms. The van der Waals surface area contributed by atoms with Crippen molar-refractivity contribution in [3.05, 3.63) is 35.4 Å². The van der Waals surface area contributed by atoms with Crippen molar-refractivity contribution in [2.75, 3.05) is 6.54 Å². The highest BCUT2D eigenvalue weighted by molar-refractivity contribution is 7.89. The average molecular weight is 276 g/mol. The Balaban J connectivity index is 2.10. The minimum Gasteiger partial charge on any atom is -0.308 e. The lowest BCUT2D eigenvalue weighted by atomic mass is 9.97. The number of nitrogens with one attached hydrogen (secondary N) is 1. The van der Waals surface area contributed by atoms with E-state index in [4.69, 9.17) is 5.14 Å². The molecule has 1 heterocycles. The van der Waals surface area contributed by atoms with Gasteiger partial charge in [-0.1, -0.05) is 6.07 Å². The highest BCUT2D eigenvalue weighted by Gasteiger charge is 2.29. The number of primary sulfonamides is 1. The normalized spacial score (nSPS) is 25.1. The van der Waals surface area contributed by atoms with Crippen molar-refractivity contribution in [3.63, 3.8) is 0 Å². The van der Waals surface area contributed by atoms with E-state index in [2.05, 4.69) is 5.32 Å². The van der Waals surface area contributed by atoms with E-state index in [9.17, 15) is 17.2 Å². The number of hydrogen-bond donors (Lipinski definition) is 2. The average Bonchev–Trinajstić information content (AvgIpc) is 2.28. The Hall–Kier alpha value is -1.05. The van der Waals surface area contributed by atoms with Crippen LogP contribution in [0.1, 0.15) is 24.4 Å². The van der Waals surface area contributed by atoms with Gasteiger partial charge in [0, 0.05) is 24.2 Å². The maximum absolute atomic E-state index is 13.5. The fraction of sp³-hybridized carbons (Fsp3) is 0.455. The molecule has 2 unspecified atom stereocenters. The van der Waals surface area contributed by atoms with Crippen LogP contribution >= 0.6 is 0 Å². The lowest BCUT2D eigenvalue weighted by Gasteiger charge is -2.29. The van der Waals surface area contributed by atoms with E-state index in [-0.39, 0.29) is 12.6 Å². The number of sulfonamides is 1. The second-order valence-corrected chi connectivity index (χ2v) is 6.26. The standard InChI is InChI=1S/C11H14F2N2O2S/c12-7-1-3-9(10(13)5-7)11-4-2-8(6-15-11)18(14,16)17/h1,3,5,8,11,15H,2,4,6H2,(H2,14,16,17). The Morgan fingerprint density at radius 1 is 1.28 bits per heavy atom. The first-order valence-corrected chi connectivity index (χ1v) is 7.19. The second kappa shape index (κ2) is 4.91. The van der Waals surface area contributed by atoms with Crippen LogP contribution in [0.3, 0.4) is 0 Å². The van der Waals surface area contributed by atoms with Crippen LogP contribution in [-0.2, 0) is 10.0 Å². The molecule has 100 valence electrons. The van der Waals surface area contributed by atoms with E-state index < -0.39 is 26.9 Å². The van der Waals surface area contributed by atoms with Crippen LogP contribution in [0, 0.1) is 11.6 Å². The third-order valence-corrected chi connectivity index (χ3v) is 4.50. The molecule has 0 spiro atoms. The van der Waals surface area contributed by atoms with E-state index >= 15 is 0 Å². The molecule has 0 radical (unpaired) electrons. The van der Waals surface area contributed by atoms with Crippen LogP contribution in [-0.4, -0.2) is 20.2 Å². The third kappa shape index (κ3) is 2.85. The summed E-state index contributed by atoms with van der Waals surface area (Å²) in [6.45, 7) is 0.181. The zero-order valence-electron chi connectivity index (χ0n) is 9.57. The molecule has 1 aromatic rings. The van der Waals surface area contributed by atoms with E-state index in [1.165, 1.54) is 12.1 Å². The minimum atomic E-state index is -3.56. The van der Waals surface area contributed by atoms with Gasteiger partial charge in [-0.3, -0.25) is 0 Å². The third-order valence-electron chi connectivity index (χ3n) is 3.17. The molecule has 1 aliphatic heterocycles. The van der Waals surface area contributed by atoms with Crippen molar-refractivity contribution in [2.24, 2.45) is 5.14 Å². The summed E-state index contributed by atoms with van der Waals surface area (Å²) in [6.07, 6.45) is 0.816. The molecular weight excluding hydrogens is 262 g/mol. The fourth-order valence-corrected chi connectivity index (χ4v) is 2.95. The SMILES string of the molecule is NS(=O)(=O)C1CCC(c2ccc(F)cc2F)NC1. The Kier molecular flexibility index (Phi) is 3.65. The molecule has 7 heteroatoms. The summed E-state index contributed by atoms with van der Waals surface area (Å²) in [5.74, 6) is -1.25. The monoisotopic (exact) mass is 276 g/mol. The Bertz CT molecular complexity index is 540. The molecule has 0 saturated carbocycles. The highest BCUT2D eigenvalue weighted by atomic mass is 32.2. The molecule has 1 fully saturated rings. The van der Waals surface area contributed by atoms with Crippen molar-refractivity contribution in [3.8, 4) is 0 Å². The fourth-order valence-electron chi connectivity index (χ4n) is 2.16. The van der Waals surface area contributed by atoms with Gasteiger partial charge in [0.15, 0.2) is 0 Å². The van der Waals surface area contributed by atoms with Gasteiger partial charge in [0.05, 0.1) is 5.25 Å². The van der Waals surface area contributed by atoms with Gasteiger partial charge in [0.1, 0.15) is 11.6 Å². The largest absolute Gasteiger partial charge is 0.308 e. The Morgan fingerprint density at radius 2 is 2.00 bits per heavy atom. The Labute approximate surface area is 104 Å². The maximum Gasteiger partial charge on any atom is 0.213 e. The van der Waals surface area contributed by atoms with E-state index in [0.29, 0.717) is 18.4 Å². The summed E-state index contributed by atoms with van der Waals surface area (Å²) in [7, 11) is -3.56. The van der Waals surface area contributed by atoms with Crippen molar-refractivity contribution in [1.29, 1.82) is 0 Å². The number of benzene rings is 1. The first kappa shape index (κ1) is 13.4. The van der Waals surface area contributed by atoms with Crippen molar-refractivity contribution >= 4 is 10.0 Å². The molecule has 4 nitrogen and oxygen atoms in total. The summed E-state index contributed by atoms with van der Waals surface area (Å²) in [5.41, 5.74) is 0.351. The highest BCUT2D eigenvalue weighted by Crippen LogP contribution is 2.27. The molecule has 1 saturated heterocycles. The molecule has 1 aliphatic rings. The number of piperidine rings is 1. The molecule has 2 rings (SSSR count). The lowest BCUT2D eigenvalue weighted by Crippen LogP contribution is -2.43. The molecular formula is C11H14F2N2O2S. The van der Waals surface area contributed by atoms with Gasteiger partial charge in [0.25, 0.3) is 0 Å². The summed E-state index contributed by atoms with van der Waals surface area (Å²) in [5, 5.41) is 7.34. The van der Waals surface area contributed by atoms with Crippen LogP contribution in [0.4, 0.5) is 8.78 Å². The number of rotatable bonds is 2. The molecule has 0 amide bonds. The number of halogens is 2.